The van der Waals surface area contributed by atoms with Crippen LogP contribution in [0.1, 0.15) is 28.2 Å². The van der Waals surface area contributed by atoms with Crippen molar-refractivity contribution in [1.82, 2.24) is 9.97 Å². The molecule has 2 rings (SSSR count). The van der Waals surface area contributed by atoms with Crippen LogP contribution >= 0.6 is 0 Å². The minimum atomic E-state index is -0.126. The largest absolute Gasteiger partial charge is 0.388 e. The van der Waals surface area contributed by atoms with Gasteiger partial charge >= 0.3 is 0 Å². The SMILES string of the molecule is Cc1cc(-c2cc(C)c(C)cc2C)nc(CO)n1. The molecule has 1 aromatic carbocycles. The number of hydrogen-bond donors (Lipinski definition) is 1. The summed E-state index contributed by atoms with van der Waals surface area (Å²) in [6, 6.07) is 6.27. The minimum absolute atomic E-state index is 0.126. The number of rotatable bonds is 2. The summed E-state index contributed by atoms with van der Waals surface area (Å²) in [5.41, 5.74) is 6.59. The van der Waals surface area contributed by atoms with Gasteiger partial charge in [0.15, 0.2) is 5.82 Å². The molecule has 0 radical (unpaired) electrons. The predicted octanol–water partition coefficient (Wildman–Crippen LogP) is 2.87. The van der Waals surface area contributed by atoms with E-state index in [-0.39, 0.29) is 6.61 Å². The van der Waals surface area contributed by atoms with E-state index in [0.29, 0.717) is 5.82 Å². The molecule has 0 amide bonds. The van der Waals surface area contributed by atoms with Gasteiger partial charge in [0, 0.05) is 11.3 Å². The molecule has 0 aliphatic rings. The Balaban J connectivity index is 2.61. The maximum atomic E-state index is 9.18. The number of nitrogens with zero attached hydrogens (tertiary/aromatic N) is 2. The van der Waals surface area contributed by atoms with Crippen molar-refractivity contribution >= 4 is 0 Å². The number of aliphatic hydroxyl groups excluding tert-OH is 1. The Morgan fingerprint density at radius 3 is 2.22 bits per heavy atom. The number of aryl methyl sites for hydroxylation is 4. The van der Waals surface area contributed by atoms with Gasteiger partial charge in [-0.1, -0.05) is 6.07 Å². The average molecular weight is 242 g/mol. The summed E-state index contributed by atoms with van der Waals surface area (Å²) in [6.45, 7) is 8.08. The van der Waals surface area contributed by atoms with Crippen molar-refractivity contribution in [2.24, 2.45) is 0 Å². The second-order valence-electron chi connectivity index (χ2n) is 4.72. The van der Waals surface area contributed by atoms with Crippen molar-refractivity contribution in [3.63, 3.8) is 0 Å². The molecule has 1 N–H and O–H groups in total. The summed E-state index contributed by atoms with van der Waals surface area (Å²) in [7, 11) is 0. The highest BCUT2D eigenvalue weighted by Gasteiger charge is 2.08. The molecule has 0 saturated carbocycles. The molecule has 0 spiro atoms. The van der Waals surface area contributed by atoms with Crippen LogP contribution in [0.3, 0.4) is 0 Å². The molecule has 3 heteroatoms. The molecule has 1 aromatic heterocycles. The Bertz CT molecular complexity index is 591. The van der Waals surface area contributed by atoms with Gasteiger partial charge in [-0.25, -0.2) is 9.97 Å². The van der Waals surface area contributed by atoms with E-state index in [1.54, 1.807) is 0 Å². The summed E-state index contributed by atoms with van der Waals surface area (Å²) >= 11 is 0. The summed E-state index contributed by atoms with van der Waals surface area (Å²) in [6.07, 6.45) is 0. The van der Waals surface area contributed by atoms with Gasteiger partial charge in [-0.3, -0.25) is 0 Å². The van der Waals surface area contributed by atoms with Gasteiger partial charge in [0.25, 0.3) is 0 Å². The second-order valence-corrected chi connectivity index (χ2v) is 4.72. The van der Waals surface area contributed by atoms with E-state index in [1.165, 1.54) is 16.7 Å². The fourth-order valence-corrected chi connectivity index (χ4v) is 2.08. The molecule has 0 aliphatic heterocycles. The number of benzene rings is 1. The summed E-state index contributed by atoms with van der Waals surface area (Å²) in [5, 5.41) is 9.18. The van der Waals surface area contributed by atoms with Crippen molar-refractivity contribution in [1.29, 1.82) is 0 Å². The third-order valence-corrected chi connectivity index (χ3v) is 3.16. The lowest BCUT2D eigenvalue weighted by Crippen LogP contribution is -2.00. The normalized spacial score (nSPS) is 10.7. The number of aliphatic hydroxyl groups is 1. The molecule has 0 unspecified atom stereocenters. The molecule has 0 bridgehead atoms. The van der Waals surface area contributed by atoms with E-state index >= 15 is 0 Å². The molecule has 0 atom stereocenters. The Morgan fingerprint density at radius 2 is 1.56 bits per heavy atom. The van der Waals surface area contributed by atoms with Crippen molar-refractivity contribution < 1.29 is 5.11 Å². The van der Waals surface area contributed by atoms with Crippen LogP contribution in [0.2, 0.25) is 0 Å². The van der Waals surface area contributed by atoms with Crippen molar-refractivity contribution in [3.05, 3.63) is 46.4 Å². The van der Waals surface area contributed by atoms with Crippen LogP contribution in [0.5, 0.6) is 0 Å². The lowest BCUT2D eigenvalue weighted by Gasteiger charge is -2.10. The maximum Gasteiger partial charge on any atom is 0.154 e. The molecule has 3 nitrogen and oxygen atoms in total. The van der Waals surface area contributed by atoms with Gasteiger partial charge in [-0.2, -0.15) is 0 Å². The van der Waals surface area contributed by atoms with E-state index in [4.69, 9.17) is 0 Å². The van der Waals surface area contributed by atoms with Crippen LogP contribution in [0, 0.1) is 27.7 Å². The zero-order valence-corrected chi connectivity index (χ0v) is 11.3. The van der Waals surface area contributed by atoms with Gasteiger partial charge in [-0.05, 0) is 56.5 Å². The molecule has 2 aromatic rings. The highest BCUT2D eigenvalue weighted by molar-refractivity contribution is 5.65. The first-order valence-electron chi connectivity index (χ1n) is 6.05. The molecule has 94 valence electrons. The van der Waals surface area contributed by atoms with E-state index in [2.05, 4.69) is 42.9 Å². The van der Waals surface area contributed by atoms with Crippen LogP contribution in [-0.4, -0.2) is 15.1 Å². The van der Waals surface area contributed by atoms with Crippen molar-refractivity contribution in [2.45, 2.75) is 34.3 Å². The first kappa shape index (κ1) is 12.7. The Morgan fingerprint density at radius 1 is 0.889 bits per heavy atom. The van der Waals surface area contributed by atoms with Crippen LogP contribution < -0.4 is 0 Å². The van der Waals surface area contributed by atoms with E-state index in [0.717, 1.165) is 17.0 Å². The van der Waals surface area contributed by atoms with Crippen molar-refractivity contribution in [3.8, 4) is 11.3 Å². The van der Waals surface area contributed by atoms with Gasteiger partial charge in [-0.15, -0.1) is 0 Å². The van der Waals surface area contributed by atoms with Gasteiger partial charge in [0.2, 0.25) is 0 Å². The topological polar surface area (TPSA) is 46.0 Å². The highest BCUT2D eigenvalue weighted by atomic mass is 16.3. The van der Waals surface area contributed by atoms with Gasteiger partial charge in [0.1, 0.15) is 6.61 Å². The standard InChI is InChI=1S/C15H18N2O/c1-9-5-11(3)13(6-10(9)2)14-7-12(4)16-15(8-18)17-14/h5-7,18H,8H2,1-4H3. The number of aromatic nitrogens is 2. The zero-order valence-electron chi connectivity index (χ0n) is 11.3. The fourth-order valence-electron chi connectivity index (χ4n) is 2.08. The van der Waals surface area contributed by atoms with Crippen molar-refractivity contribution in [2.75, 3.05) is 0 Å². The third-order valence-electron chi connectivity index (χ3n) is 3.16. The Labute approximate surface area is 108 Å². The Kier molecular flexibility index (Phi) is 3.43. The van der Waals surface area contributed by atoms with Crippen LogP contribution in [0.4, 0.5) is 0 Å². The molecular formula is C15H18N2O. The average Bonchev–Trinajstić information content (AvgIpc) is 2.33. The van der Waals surface area contributed by atoms with E-state index < -0.39 is 0 Å². The predicted molar refractivity (Wildman–Crippen MR) is 72.3 cm³/mol. The molecule has 0 saturated heterocycles. The van der Waals surface area contributed by atoms with Crippen LogP contribution in [0.25, 0.3) is 11.3 Å². The molecular weight excluding hydrogens is 224 g/mol. The van der Waals surface area contributed by atoms with E-state index in [1.807, 2.05) is 13.0 Å². The van der Waals surface area contributed by atoms with E-state index in [9.17, 15) is 5.11 Å². The smallest absolute Gasteiger partial charge is 0.154 e. The zero-order chi connectivity index (χ0) is 13.3. The highest BCUT2D eigenvalue weighted by Crippen LogP contribution is 2.25. The van der Waals surface area contributed by atoms with Gasteiger partial charge in [0.05, 0.1) is 5.69 Å². The third kappa shape index (κ3) is 2.41. The first-order chi connectivity index (χ1) is 8.51. The second kappa shape index (κ2) is 4.86. The molecule has 1 heterocycles. The van der Waals surface area contributed by atoms with Gasteiger partial charge < -0.3 is 5.11 Å². The quantitative estimate of drug-likeness (QED) is 0.880. The summed E-state index contributed by atoms with van der Waals surface area (Å²) < 4.78 is 0. The summed E-state index contributed by atoms with van der Waals surface area (Å²) in [4.78, 5) is 8.58. The first-order valence-corrected chi connectivity index (χ1v) is 6.05. The number of hydrogen-bond acceptors (Lipinski definition) is 3. The fraction of sp³-hybridized carbons (Fsp3) is 0.333. The minimum Gasteiger partial charge on any atom is -0.388 e. The monoisotopic (exact) mass is 242 g/mol. The Hall–Kier alpha value is -1.74. The molecule has 0 aliphatic carbocycles. The molecule has 0 fully saturated rings. The molecule has 18 heavy (non-hydrogen) atoms. The maximum absolute atomic E-state index is 9.18. The van der Waals surface area contributed by atoms with Crippen LogP contribution in [0.15, 0.2) is 18.2 Å². The lowest BCUT2D eigenvalue weighted by molar-refractivity contribution is 0.271. The van der Waals surface area contributed by atoms with Crippen LogP contribution in [-0.2, 0) is 6.61 Å². The summed E-state index contributed by atoms with van der Waals surface area (Å²) in [5.74, 6) is 0.475. The lowest BCUT2D eigenvalue weighted by atomic mass is 9.98.